The molecule has 1 fully saturated rings. The fraction of sp³-hybridized carbons (Fsp3) is 0.500. The van der Waals surface area contributed by atoms with Crippen molar-refractivity contribution >= 4 is 12.2 Å². The van der Waals surface area contributed by atoms with Crippen molar-refractivity contribution < 1.29 is 9.50 Å². The smallest absolute Gasteiger partial charge is 0.198 e. The molecule has 0 saturated carbocycles. The molecule has 2 aromatic rings. The number of likely N-dealkylation sites (tertiary alicyclic amines) is 1. The average molecular weight is 336 g/mol. The van der Waals surface area contributed by atoms with E-state index >= 15 is 0 Å². The van der Waals surface area contributed by atoms with Crippen LogP contribution in [0.4, 0.5) is 4.39 Å². The van der Waals surface area contributed by atoms with Crippen LogP contribution >= 0.6 is 12.2 Å². The van der Waals surface area contributed by atoms with Gasteiger partial charge in [0.15, 0.2) is 10.6 Å². The maximum Gasteiger partial charge on any atom is 0.198 e. The highest BCUT2D eigenvalue weighted by atomic mass is 32.1. The first-order chi connectivity index (χ1) is 11.0. The maximum absolute atomic E-state index is 13.6. The molecule has 1 aromatic carbocycles. The van der Waals surface area contributed by atoms with Gasteiger partial charge in [-0.2, -0.15) is 5.10 Å². The highest BCUT2D eigenvalue weighted by Crippen LogP contribution is 2.35. The molecule has 0 radical (unpaired) electrons. The third kappa shape index (κ3) is 3.22. The molecule has 23 heavy (non-hydrogen) atoms. The molecule has 5 nitrogen and oxygen atoms in total. The summed E-state index contributed by atoms with van der Waals surface area (Å²) in [6.45, 7) is 3.51. The summed E-state index contributed by atoms with van der Waals surface area (Å²) in [6, 6.07) is 6.95. The first kappa shape index (κ1) is 16.3. The molecule has 2 unspecified atom stereocenters. The van der Waals surface area contributed by atoms with Gasteiger partial charge in [0.25, 0.3) is 0 Å². The van der Waals surface area contributed by atoms with Gasteiger partial charge < -0.3 is 9.67 Å². The number of rotatable bonds is 4. The molecule has 2 atom stereocenters. The third-order valence-corrected chi connectivity index (χ3v) is 4.92. The van der Waals surface area contributed by atoms with Gasteiger partial charge in [-0.05, 0) is 42.3 Å². The van der Waals surface area contributed by atoms with E-state index in [1.807, 2.05) is 6.07 Å². The van der Waals surface area contributed by atoms with Crippen LogP contribution in [0.3, 0.4) is 0 Å². The Balaban J connectivity index is 1.87. The van der Waals surface area contributed by atoms with Gasteiger partial charge in [-0.15, -0.1) is 0 Å². The van der Waals surface area contributed by atoms with Crippen LogP contribution in [0, 0.1) is 16.5 Å². The minimum absolute atomic E-state index is 0.142. The van der Waals surface area contributed by atoms with Crippen LogP contribution in [0.15, 0.2) is 24.3 Å². The summed E-state index contributed by atoms with van der Waals surface area (Å²) in [5.41, 5.74) is 0.985. The first-order valence-corrected chi connectivity index (χ1v) is 8.13. The highest BCUT2D eigenvalue weighted by Gasteiger charge is 2.31. The van der Waals surface area contributed by atoms with E-state index in [1.165, 1.54) is 6.07 Å². The van der Waals surface area contributed by atoms with Crippen LogP contribution in [0.25, 0.3) is 0 Å². The Bertz CT molecular complexity index is 757. The van der Waals surface area contributed by atoms with Gasteiger partial charge in [0.05, 0.1) is 6.67 Å². The number of aliphatic hydroxyl groups is 1. The summed E-state index contributed by atoms with van der Waals surface area (Å²) in [5.74, 6) is 0.863. The normalized spacial score (nSPS) is 21.9. The predicted molar refractivity (Wildman–Crippen MR) is 87.6 cm³/mol. The van der Waals surface area contributed by atoms with E-state index in [9.17, 15) is 9.50 Å². The fourth-order valence-corrected chi connectivity index (χ4v) is 3.49. The Kier molecular flexibility index (Phi) is 4.61. The second-order valence-electron chi connectivity index (χ2n) is 6.24. The molecule has 0 aliphatic carbocycles. The lowest BCUT2D eigenvalue weighted by molar-refractivity contribution is 0.185. The molecule has 1 aliphatic rings. The number of benzene rings is 1. The summed E-state index contributed by atoms with van der Waals surface area (Å²) >= 11 is 5.39. The molecule has 3 rings (SSSR count). The Labute approximate surface area is 140 Å². The van der Waals surface area contributed by atoms with Crippen molar-refractivity contribution in [2.24, 2.45) is 13.0 Å². The van der Waals surface area contributed by atoms with Crippen molar-refractivity contribution in [3.05, 3.63) is 46.2 Å². The molecule has 1 N–H and O–H groups in total. The van der Waals surface area contributed by atoms with Crippen molar-refractivity contribution in [1.82, 2.24) is 19.2 Å². The maximum atomic E-state index is 13.6. The van der Waals surface area contributed by atoms with E-state index in [0.717, 1.165) is 18.5 Å². The molecule has 1 aliphatic heterocycles. The SMILES string of the molecule is CC1CC(c2cccc(F)c2)N(Cn2nc(CO)n(C)c2=S)C1. The fourth-order valence-electron chi connectivity index (χ4n) is 3.28. The Morgan fingerprint density at radius 3 is 2.87 bits per heavy atom. The minimum Gasteiger partial charge on any atom is -0.388 e. The van der Waals surface area contributed by atoms with Crippen LogP contribution in [0.1, 0.15) is 30.8 Å². The molecule has 1 saturated heterocycles. The molecule has 0 spiro atoms. The Morgan fingerprint density at radius 2 is 2.22 bits per heavy atom. The standard InChI is InChI=1S/C16H21FN4OS/c1-11-6-14(12-4-3-5-13(17)7-12)20(8-11)10-21-16(23)19(2)15(9-22)18-21/h3-5,7,11,14,22H,6,8-10H2,1-2H3. The number of aliphatic hydroxyl groups excluding tert-OH is 1. The van der Waals surface area contributed by atoms with Crippen molar-refractivity contribution in [2.75, 3.05) is 6.54 Å². The van der Waals surface area contributed by atoms with Crippen molar-refractivity contribution in [3.63, 3.8) is 0 Å². The van der Waals surface area contributed by atoms with Gasteiger partial charge >= 0.3 is 0 Å². The molecule has 0 amide bonds. The molecular weight excluding hydrogens is 315 g/mol. The summed E-state index contributed by atoms with van der Waals surface area (Å²) in [7, 11) is 1.80. The van der Waals surface area contributed by atoms with Crippen LogP contribution in [-0.4, -0.2) is 30.9 Å². The summed E-state index contributed by atoms with van der Waals surface area (Å²) < 4.78 is 17.6. The lowest BCUT2D eigenvalue weighted by Gasteiger charge is -2.24. The molecule has 0 bridgehead atoms. The van der Waals surface area contributed by atoms with Crippen LogP contribution in [0.5, 0.6) is 0 Å². The summed E-state index contributed by atoms with van der Waals surface area (Å²) in [5, 5.41) is 13.7. The van der Waals surface area contributed by atoms with Crippen molar-refractivity contribution in [1.29, 1.82) is 0 Å². The van der Waals surface area contributed by atoms with Gasteiger partial charge in [-0.3, -0.25) is 4.90 Å². The van der Waals surface area contributed by atoms with Gasteiger partial charge in [-0.25, -0.2) is 9.07 Å². The summed E-state index contributed by atoms with van der Waals surface area (Å²) in [6.07, 6.45) is 0.983. The first-order valence-electron chi connectivity index (χ1n) is 7.72. The Morgan fingerprint density at radius 1 is 1.43 bits per heavy atom. The van der Waals surface area contributed by atoms with Crippen molar-refractivity contribution in [2.45, 2.75) is 32.7 Å². The topological polar surface area (TPSA) is 46.2 Å². The van der Waals surface area contributed by atoms with E-state index in [1.54, 1.807) is 28.4 Å². The molecular formula is C16H21FN4OS. The van der Waals surface area contributed by atoms with Gasteiger partial charge in [0.2, 0.25) is 0 Å². The van der Waals surface area contributed by atoms with Gasteiger partial charge in [-0.1, -0.05) is 19.1 Å². The Hall–Kier alpha value is -1.57. The van der Waals surface area contributed by atoms with E-state index in [2.05, 4.69) is 16.9 Å². The second-order valence-corrected chi connectivity index (χ2v) is 6.61. The number of hydrogen-bond donors (Lipinski definition) is 1. The molecule has 1 aromatic heterocycles. The van der Waals surface area contributed by atoms with Crippen LogP contribution < -0.4 is 0 Å². The highest BCUT2D eigenvalue weighted by molar-refractivity contribution is 7.71. The van der Waals surface area contributed by atoms with Gasteiger partial charge in [0.1, 0.15) is 12.4 Å². The van der Waals surface area contributed by atoms with E-state index in [4.69, 9.17) is 12.2 Å². The largest absolute Gasteiger partial charge is 0.388 e. The monoisotopic (exact) mass is 336 g/mol. The van der Waals surface area contributed by atoms with Gasteiger partial charge in [0, 0.05) is 19.6 Å². The summed E-state index contributed by atoms with van der Waals surface area (Å²) in [4.78, 5) is 2.27. The zero-order valence-corrected chi connectivity index (χ0v) is 14.1. The lowest BCUT2D eigenvalue weighted by atomic mass is 10.0. The number of nitrogens with zero attached hydrogens (tertiary/aromatic N) is 4. The quantitative estimate of drug-likeness (QED) is 0.872. The number of aromatic nitrogens is 3. The zero-order chi connectivity index (χ0) is 16.6. The average Bonchev–Trinajstić information content (AvgIpc) is 3.02. The van der Waals surface area contributed by atoms with Crippen molar-refractivity contribution in [3.8, 4) is 0 Å². The number of halogens is 1. The lowest BCUT2D eigenvalue weighted by Crippen LogP contribution is -2.27. The molecule has 124 valence electrons. The van der Waals surface area contributed by atoms with E-state index in [-0.39, 0.29) is 18.5 Å². The zero-order valence-electron chi connectivity index (χ0n) is 13.3. The van der Waals surface area contributed by atoms with E-state index in [0.29, 0.717) is 23.2 Å². The van der Waals surface area contributed by atoms with Crippen LogP contribution in [0.2, 0.25) is 0 Å². The molecule has 2 heterocycles. The number of hydrogen-bond acceptors (Lipinski definition) is 4. The second kappa shape index (κ2) is 6.51. The minimum atomic E-state index is -0.209. The van der Waals surface area contributed by atoms with E-state index < -0.39 is 0 Å². The predicted octanol–water partition coefficient (Wildman–Crippen LogP) is 2.62. The van der Waals surface area contributed by atoms with Crippen LogP contribution in [-0.2, 0) is 20.3 Å². The third-order valence-electron chi connectivity index (χ3n) is 4.43. The molecule has 7 heteroatoms.